The molecule has 0 fully saturated rings. The summed E-state index contributed by atoms with van der Waals surface area (Å²) in [5.74, 6) is -0.104. The van der Waals surface area contributed by atoms with E-state index in [1.165, 1.54) is 0 Å². The van der Waals surface area contributed by atoms with Gasteiger partial charge in [0, 0.05) is 17.9 Å². The first-order valence-electron chi connectivity index (χ1n) is 6.77. The summed E-state index contributed by atoms with van der Waals surface area (Å²) in [6, 6.07) is 15.2. The molecule has 0 heterocycles. The quantitative estimate of drug-likeness (QED) is 0.876. The summed E-state index contributed by atoms with van der Waals surface area (Å²) in [6.45, 7) is 2.15. The van der Waals surface area contributed by atoms with E-state index in [-0.39, 0.29) is 12.5 Å². The molecular weight excluding hydrogens is 250 g/mol. The Labute approximate surface area is 119 Å². The van der Waals surface area contributed by atoms with E-state index in [4.69, 9.17) is 5.11 Å². The molecule has 0 radical (unpaired) electrons. The van der Waals surface area contributed by atoms with E-state index in [2.05, 4.69) is 5.32 Å². The van der Waals surface area contributed by atoms with Crippen LogP contribution in [-0.4, -0.2) is 17.6 Å². The summed E-state index contributed by atoms with van der Waals surface area (Å²) in [7, 11) is 0. The maximum absolute atomic E-state index is 12.1. The average Bonchev–Trinajstić information content (AvgIpc) is 2.45. The van der Waals surface area contributed by atoms with Gasteiger partial charge in [0.1, 0.15) is 0 Å². The topological polar surface area (TPSA) is 49.3 Å². The molecule has 0 aromatic heterocycles. The number of carbonyl (C=O) groups excluding carboxylic acids is 1. The maximum Gasteiger partial charge on any atom is 0.255 e. The predicted octanol–water partition coefficient (Wildman–Crippen LogP) is 3.17. The fourth-order valence-corrected chi connectivity index (χ4v) is 2.08. The van der Waals surface area contributed by atoms with Gasteiger partial charge in [-0.3, -0.25) is 4.79 Å². The molecule has 2 aromatic carbocycles. The van der Waals surface area contributed by atoms with E-state index in [0.29, 0.717) is 5.56 Å². The third-order valence-electron chi connectivity index (χ3n) is 3.09. The van der Waals surface area contributed by atoms with E-state index in [1.807, 2.05) is 49.4 Å². The van der Waals surface area contributed by atoms with Crippen molar-refractivity contribution < 1.29 is 9.90 Å². The Balaban J connectivity index is 2.07. The average molecular weight is 269 g/mol. The molecule has 0 bridgehead atoms. The molecule has 0 spiro atoms. The molecule has 1 amide bonds. The molecule has 20 heavy (non-hydrogen) atoms. The van der Waals surface area contributed by atoms with Gasteiger partial charge < -0.3 is 10.4 Å². The van der Waals surface area contributed by atoms with Crippen molar-refractivity contribution in [1.82, 2.24) is 0 Å². The molecule has 0 aliphatic carbocycles. The lowest BCUT2D eigenvalue weighted by atomic mass is 10.1. The molecular formula is C17H19NO2. The number of aliphatic hydroxyl groups is 1. The van der Waals surface area contributed by atoms with Gasteiger partial charge >= 0.3 is 0 Å². The lowest BCUT2D eigenvalue weighted by Gasteiger charge is -2.08. The fourth-order valence-electron chi connectivity index (χ4n) is 2.08. The molecule has 0 saturated heterocycles. The summed E-state index contributed by atoms with van der Waals surface area (Å²) in [5, 5.41) is 11.7. The Morgan fingerprint density at radius 3 is 2.70 bits per heavy atom. The Morgan fingerprint density at radius 2 is 1.95 bits per heavy atom. The minimum Gasteiger partial charge on any atom is -0.396 e. The molecule has 0 unspecified atom stereocenters. The standard InChI is InChI=1S/C17H19NO2/c1-13-5-2-8-15(11-13)17(20)18-16-9-3-6-14(12-16)7-4-10-19/h2-3,5-6,8-9,11-12,19H,4,7,10H2,1H3,(H,18,20). The van der Waals surface area contributed by atoms with Gasteiger partial charge in [-0.25, -0.2) is 0 Å². The van der Waals surface area contributed by atoms with Gasteiger partial charge in [-0.2, -0.15) is 0 Å². The highest BCUT2D eigenvalue weighted by Gasteiger charge is 2.06. The first-order valence-corrected chi connectivity index (χ1v) is 6.77. The van der Waals surface area contributed by atoms with Crippen LogP contribution in [0, 0.1) is 6.92 Å². The number of anilines is 1. The van der Waals surface area contributed by atoms with Gasteiger partial charge in [-0.15, -0.1) is 0 Å². The molecule has 3 heteroatoms. The lowest BCUT2D eigenvalue weighted by molar-refractivity contribution is 0.102. The number of rotatable bonds is 5. The van der Waals surface area contributed by atoms with Crippen LogP contribution in [0.3, 0.4) is 0 Å². The lowest BCUT2D eigenvalue weighted by Crippen LogP contribution is -2.12. The predicted molar refractivity (Wildman–Crippen MR) is 81.0 cm³/mol. The molecule has 0 atom stereocenters. The zero-order valence-corrected chi connectivity index (χ0v) is 11.6. The van der Waals surface area contributed by atoms with Crippen LogP contribution in [0.5, 0.6) is 0 Å². The number of benzene rings is 2. The number of aryl methyl sites for hydroxylation is 2. The number of amides is 1. The van der Waals surface area contributed by atoms with E-state index in [0.717, 1.165) is 29.7 Å². The van der Waals surface area contributed by atoms with Crippen LogP contribution >= 0.6 is 0 Å². The highest BCUT2D eigenvalue weighted by molar-refractivity contribution is 6.04. The summed E-state index contributed by atoms with van der Waals surface area (Å²) >= 11 is 0. The van der Waals surface area contributed by atoms with Crippen molar-refractivity contribution in [2.75, 3.05) is 11.9 Å². The molecule has 2 rings (SSSR count). The normalized spacial score (nSPS) is 10.3. The summed E-state index contributed by atoms with van der Waals surface area (Å²) < 4.78 is 0. The van der Waals surface area contributed by atoms with Gasteiger partial charge in [0.2, 0.25) is 0 Å². The van der Waals surface area contributed by atoms with Crippen molar-refractivity contribution in [2.24, 2.45) is 0 Å². The highest BCUT2D eigenvalue weighted by atomic mass is 16.2. The van der Waals surface area contributed by atoms with Crippen LogP contribution in [0.4, 0.5) is 5.69 Å². The Bertz CT molecular complexity index is 593. The zero-order chi connectivity index (χ0) is 14.4. The second-order valence-corrected chi connectivity index (χ2v) is 4.85. The van der Waals surface area contributed by atoms with Gasteiger partial charge in [-0.1, -0.05) is 29.8 Å². The van der Waals surface area contributed by atoms with Gasteiger partial charge in [0.25, 0.3) is 5.91 Å². The molecule has 2 aromatic rings. The van der Waals surface area contributed by atoms with Gasteiger partial charge in [0.05, 0.1) is 0 Å². The second-order valence-electron chi connectivity index (χ2n) is 4.85. The minimum absolute atomic E-state index is 0.104. The second kappa shape index (κ2) is 6.87. The van der Waals surface area contributed by atoms with E-state index in [1.54, 1.807) is 6.07 Å². The van der Waals surface area contributed by atoms with Crippen molar-refractivity contribution >= 4 is 11.6 Å². The van der Waals surface area contributed by atoms with Gasteiger partial charge in [0.15, 0.2) is 0 Å². The van der Waals surface area contributed by atoms with Crippen LogP contribution in [-0.2, 0) is 6.42 Å². The number of aliphatic hydroxyl groups excluding tert-OH is 1. The fraction of sp³-hybridized carbons (Fsp3) is 0.235. The van der Waals surface area contributed by atoms with Crippen molar-refractivity contribution in [3.8, 4) is 0 Å². The van der Waals surface area contributed by atoms with Crippen LogP contribution in [0.2, 0.25) is 0 Å². The smallest absolute Gasteiger partial charge is 0.255 e. The molecule has 0 aliphatic rings. The van der Waals surface area contributed by atoms with Crippen molar-refractivity contribution in [3.63, 3.8) is 0 Å². The van der Waals surface area contributed by atoms with Crippen LogP contribution in [0.1, 0.15) is 27.9 Å². The first kappa shape index (κ1) is 14.3. The number of hydrogen-bond acceptors (Lipinski definition) is 2. The Morgan fingerprint density at radius 1 is 1.15 bits per heavy atom. The van der Waals surface area contributed by atoms with E-state index in [9.17, 15) is 4.79 Å². The third kappa shape index (κ3) is 3.93. The molecule has 104 valence electrons. The van der Waals surface area contributed by atoms with Gasteiger partial charge in [-0.05, 0) is 49.6 Å². The Kier molecular flexibility index (Phi) is 4.91. The zero-order valence-electron chi connectivity index (χ0n) is 11.6. The summed E-state index contributed by atoms with van der Waals surface area (Å²) in [4.78, 5) is 12.1. The maximum atomic E-state index is 12.1. The largest absolute Gasteiger partial charge is 0.396 e. The third-order valence-corrected chi connectivity index (χ3v) is 3.09. The van der Waals surface area contributed by atoms with Crippen molar-refractivity contribution in [2.45, 2.75) is 19.8 Å². The van der Waals surface area contributed by atoms with Crippen LogP contribution in [0.25, 0.3) is 0 Å². The van der Waals surface area contributed by atoms with Crippen LogP contribution in [0.15, 0.2) is 48.5 Å². The van der Waals surface area contributed by atoms with E-state index < -0.39 is 0 Å². The minimum atomic E-state index is -0.104. The monoisotopic (exact) mass is 269 g/mol. The Hall–Kier alpha value is -2.13. The number of carbonyl (C=O) groups is 1. The van der Waals surface area contributed by atoms with Crippen molar-refractivity contribution in [1.29, 1.82) is 0 Å². The molecule has 0 aliphatic heterocycles. The summed E-state index contributed by atoms with van der Waals surface area (Å²) in [5.41, 5.74) is 3.62. The molecule has 0 saturated carbocycles. The highest BCUT2D eigenvalue weighted by Crippen LogP contribution is 2.14. The molecule has 2 N–H and O–H groups in total. The van der Waals surface area contributed by atoms with Crippen LogP contribution < -0.4 is 5.32 Å². The van der Waals surface area contributed by atoms with E-state index >= 15 is 0 Å². The number of hydrogen-bond donors (Lipinski definition) is 2. The first-order chi connectivity index (χ1) is 9.69. The summed E-state index contributed by atoms with van der Waals surface area (Å²) in [6.07, 6.45) is 1.54. The van der Waals surface area contributed by atoms with Crippen molar-refractivity contribution in [3.05, 3.63) is 65.2 Å². The molecule has 3 nitrogen and oxygen atoms in total. The number of nitrogens with one attached hydrogen (secondary N) is 1. The SMILES string of the molecule is Cc1cccc(C(=O)Nc2cccc(CCCO)c2)c1.